The molecular weight excluding hydrogens is 243 g/mol. The Morgan fingerprint density at radius 3 is 2.29 bits per heavy atom. The van der Waals surface area contributed by atoms with Gasteiger partial charge >= 0.3 is 18.1 Å². The van der Waals surface area contributed by atoms with Crippen LogP contribution in [0.4, 0.5) is 13.2 Å². The van der Waals surface area contributed by atoms with Gasteiger partial charge < -0.3 is 15.2 Å². The molecule has 0 aromatic carbocycles. The van der Waals surface area contributed by atoms with Crippen molar-refractivity contribution in [2.75, 3.05) is 6.54 Å². The SMILES string of the molecule is CC(C)OC(=O)CC(O)CNC(=O)C(F)(F)F. The number of esters is 1. The molecule has 0 fully saturated rings. The molecule has 0 aromatic heterocycles. The number of aliphatic hydroxyl groups excluding tert-OH is 1. The fraction of sp³-hybridized carbons (Fsp3) is 0.778. The standard InChI is InChI=1S/C9H14F3NO4/c1-5(2)17-7(15)3-6(14)4-13-8(16)9(10,11)12/h5-6,14H,3-4H2,1-2H3,(H,13,16). The molecule has 1 unspecified atom stereocenters. The summed E-state index contributed by atoms with van der Waals surface area (Å²) in [6.07, 6.45) is -7.26. The molecule has 0 saturated heterocycles. The number of amides is 1. The Bertz CT molecular complexity index is 278. The van der Waals surface area contributed by atoms with E-state index in [2.05, 4.69) is 4.74 Å². The van der Waals surface area contributed by atoms with Crippen LogP contribution in [-0.4, -0.2) is 41.9 Å². The van der Waals surface area contributed by atoms with E-state index in [1.807, 2.05) is 0 Å². The molecule has 0 aliphatic rings. The van der Waals surface area contributed by atoms with Crippen molar-refractivity contribution in [1.29, 1.82) is 0 Å². The summed E-state index contributed by atoms with van der Waals surface area (Å²) < 4.78 is 39.9. The summed E-state index contributed by atoms with van der Waals surface area (Å²) in [6, 6.07) is 0. The number of carbonyl (C=O) groups is 2. The predicted molar refractivity (Wildman–Crippen MR) is 50.9 cm³/mol. The molecule has 1 amide bonds. The molecule has 0 saturated carbocycles. The molecule has 0 spiro atoms. The number of halogens is 3. The third-order valence-corrected chi connectivity index (χ3v) is 1.53. The molecule has 1 atom stereocenters. The summed E-state index contributed by atoms with van der Waals surface area (Å²) in [5.41, 5.74) is 0. The first-order valence-corrected chi connectivity index (χ1v) is 4.85. The Morgan fingerprint density at radius 2 is 1.88 bits per heavy atom. The number of aliphatic hydroxyl groups is 1. The fourth-order valence-corrected chi connectivity index (χ4v) is 0.886. The highest BCUT2D eigenvalue weighted by Crippen LogP contribution is 2.13. The van der Waals surface area contributed by atoms with Crippen LogP contribution in [0, 0.1) is 0 Å². The highest BCUT2D eigenvalue weighted by molar-refractivity contribution is 5.81. The van der Waals surface area contributed by atoms with Crippen molar-refractivity contribution >= 4 is 11.9 Å². The van der Waals surface area contributed by atoms with Crippen molar-refractivity contribution in [2.24, 2.45) is 0 Å². The van der Waals surface area contributed by atoms with Gasteiger partial charge in [-0.2, -0.15) is 13.2 Å². The van der Waals surface area contributed by atoms with E-state index in [0.29, 0.717) is 0 Å². The molecule has 0 heterocycles. The zero-order chi connectivity index (χ0) is 13.6. The zero-order valence-corrected chi connectivity index (χ0v) is 9.37. The van der Waals surface area contributed by atoms with Gasteiger partial charge in [-0.3, -0.25) is 9.59 Å². The van der Waals surface area contributed by atoms with Crippen molar-refractivity contribution in [3.8, 4) is 0 Å². The first-order chi connectivity index (χ1) is 7.62. The van der Waals surface area contributed by atoms with E-state index in [1.165, 1.54) is 5.32 Å². The van der Waals surface area contributed by atoms with Crippen molar-refractivity contribution in [1.82, 2.24) is 5.32 Å². The molecule has 5 nitrogen and oxygen atoms in total. The maximum atomic E-state index is 11.7. The van der Waals surface area contributed by atoms with Crippen LogP contribution >= 0.6 is 0 Å². The van der Waals surface area contributed by atoms with Gasteiger partial charge in [0, 0.05) is 6.54 Å². The van der Waals surface area contributed by atoms with Gasteiger partial charge in [0.15, 0.2) is 0 Å². The van der Waals surface area contributed by atoms with E-state index in [4.69, 9.17) is 5.11 Å². The van der Waals surface area contributed by atoms with E-state index in [9.17, 15) is 22.8 Å². The largest absolute Gasteiger partial charge is 0.471 e. The number of rotatable bonds is 5. The first-order valence-electron chi connectivity index (χ1n) is 4.85. The molecule has 2 N–H and O–H groups in total. The van der Waals surface area contributed by atoms with E-state index in [-0.39, 0.29) is 6.10 Å². The van der Waals surface area contributed by atoms with Crippen LogP contribution in [0.3, 0.4) is 0 Å². The van der Waals surface area contributed by atoms with Crippen LogP contribution < -0.4 is 5.32 Å². The van der Waals surface area contributed by atoms with Crippen LogP contribution in [0.5, 0.6) is 0 Å². The average Bonchev–Trinajstić information content (AvgIpc) is 2.10. The summed E-state index contributed by atoms with van der Waals surface area (Å²) >= 11 is 0. The minimum Gasteiger partial charge on any atom is -0.463 e. The van der Waals surface area contributed by atoms with Gasteiger partial charge in [-0.05, 0) is 13.8 Å². The van der Waals surface area contributed by atoms with Gasteiger partial charge in [-0.15, -0.1) is 0 Å². The zero-order valence-electron chi connectivity index (χ0n) is 9.37. The fourth-order valence-electron chi connectivity index (χ4n) is 0.886. The van der Waals surface area contributed by atoms with Gasteiger partial charge in [-0.1, -0.05) is 0 Å². The molecule has 100 valence electrons. The van der Waals surface area contributed by atoms with Gasteiger partial charge in [-0.25, -0.2) is 0 Å². The topological polar surface area (TPSA) is 75.6 Å². The Morgan fingerprint density at radius 1 is 1.35 bits per heavy atom. The lowest BCUT2D eigenvalue weighted by atomic mass is 10.2. The smallest absolute Gasteiger partial charge is 0.463 e. The highest BCUT2D eigenvalue weighted by atomic mass is 19.4. The van der Waals surface area contributed by atoms with Crippen molar-refractivity contribution in [3.63, 3.8) is 0 Å². The monoisotopic (exact) mass is 257 g/mol. The van der Waals surface area contributed by atoms with Gasteiger partial charge in [0.25, 0.3) is 0 Å². The lowest BCUT2D eigenvalue weighted by Crippen LogP contribution is -2.41. The predicted octanol–water partition coefficient (Wildman–Crippen LogP) is 0.367. The molecule has 17 heavy (non-hydrogen) atoms. The maximum Gasteiger partial charge on any atom is 0.471 e. The maximum absolute atomic E-state index is 11.7. The third kappa shape index (κ3) is 7.56. The number of carbonyl (C=O) groups excluding carboxylic acids is 2. The summed E-state index contributed by atoms with van der Waals surface area (Å²) in [7, 11) is 0. The van der Waals surface area contributed by atoms with E-state index < -0.39 is 37.1 Å². The second-order valence-electron chi connectivity index (χ2n) is 3.60. The van der Waals surface area contributed by atoms with Crippen molar-refractivity contribution < 1.29 is 32.6 Å². The molecule has 0 aromatic rings. The summed E-state index contributed by atoms with van der Waals surface area (Å²) in [5, 5.41) is 10.6. The summed E-state index contributed by atoms with van der Waals surface area (Å²) in [5.74, 6) is -2.90. The van der Waals surface area contributed by atoms with Gasteiger partial charge in [0.2, 0.25) is 0 Å². The number of alkyl halides is 3. The second kappa shape index (κ2) is 6.43. The van der Waals surface area contributed by atoms with Gasteiger partial charge in [0.1, 0.15) is 0 Å². The molecule has 0 bridgehead atoms. The Hall–Kier alpha value is -1.31. The van der Waals surface area contributed by atoms with E-state index in [0.717, 1.165) is 0 Å². The quantitative estimate of drug-likeness (QED) is 0.698. The molecule has 0 aliphatic heterocycles. The number of hydrogen-bond donors (Lipinski definition) is 2. The first kappa shape index (κ1) is 15.7. The molecule has 8 heteroatoms. The Labute approximate surface area is 95.9 Å². The Balaban J connectivity index is 3.92. The van der Waals surface area contributed by atoms with Crippen LogP contribution in [-0.2, 0) is 14.3 Å². The number of nitrogens with one attached hydrogen (secondary N) is 1. The van der Waals surface area contributed by atoms with E-state index in [1.54, 1.807) is 13.8 Å². The number of ether oxygens (including phenoxy) is 1. The molecule has 0 aliphatic carbocycles. The summed E-state index contributed by atoms with van der Waals surface area (Å²) in [4.78, 5) is 21.4. The van der Waals surface area contributed by atoms with Crippen LogP contribution in [0.1, 0.15) is 20.3 Å². The molecule has 0 rings (SSSR count). The van der Waals surface area contributed by atoms with Crippen molar-refractivity contribution in [2.45, 2.75) is 38.7 Å². The molecular formula is C9H14F3NO4. The van der Waals surface area contributed by atoms with E-state index >= 15 is 0 Å². The Kier molecular flexibility index (Phi) is 5.94. The third-order valence-electron chi connectivity index (χ3n) is 1.53. The minimum absolute atomic E-state index is 0.375. The average molecular weight is 257 g/mol. The molecule has 0 radical (unpaired) electrons. The highest BCUT2D eigenvalue weighted by Gasteiger charge is 2.38. The normalized spacial score (nSPS) is 13.4. The van der Waals surface area contributed by atoms with Crippen LogP contribution in [0.2, 0.25) is 0 Å². The lowest BCUT2D eigenvalue weighted by molar-refractivity contribution is -0.174. The second-order valence-corrected chi connectivity index (χ2v) is 3.60. The number of hydrogen-bond acceptors (Lipinski definition) is 4. The lowest BCUT2D eigenvalue weighted by Gasteiger charge is -2.13. The summed E-state index contributed by atoms with van der Waals surface area (Å²) in [6.45, 7) is 2.52. The van der Waals surface area contributed by atoms with Crippen molar-refractivity contribution in [3.05, 3.63) is 0 Å². The van der Waals surface area contributed by atoms with Crippen LogP contribution in [0.25, 0.3) is 0 Å². The van der Waals surface area contributed by atoms with Crippen LogP contribution in [0.15, 0.2) is 0 Å². The van der Waals surface area contributed by atoms with Gasteiger partial charge in [0.05, 0.1) is 18.6 Å². The minimum atomic E-state index is -5.00.